The van der Waals surface area contributed by atoms with Gasteiger partial charge >= 0.3 is 12.1 Å². The zero-order valence-electron chi connectivity index (χ0n) is 8.37. The Morgan fingerprint density at radius 2 is 2.14 bits per heavy atom. The van der Waals surface area contributed by atoms with Crippen LogP contribution in [0.15, 0.2) is 12.7 Å². The Labute approximate surface area is 82.7 Å². The highest BCUT2D eigenvalue weighted by atomic mass is 16.5. The summed E-state index contributed by atoms with van der Waals surface area (Å²) in [5.41, 5.74) is -0.993. The first-order chi connectivity index (χ1) is 6.40. The van der Waals surface area contributed by atoms with Crippen LogP contribution < -0.4 is 5.32 Å². The van der Waals surface area contributed by atoms with Crippen LogP contribution in [0.2, 0.25) is 0 Å². The average molecular weight is 201 g/mol. The second-order valence-electron chi connectivity index (χ2n) is 3.43. The molecule has 0 aliphatic heterocycles. The number of carboxylic acid groups (broad SMARTS) is 1. The van der Waals surface area contributed by atoms with Crippen LogP contribution in [-0.2, 0) is 9.53 Å². The first-order valence-corrected chi connectivity index (χ1v) is 4.15. The summed E-state index contributed by atoms with van der Waals surface area (Å²) in [5, 5.41) is 11.1. The van der Waals surface area contributed by atoms with E-state index in [4.69, 9.17) is 5.11 Å². The normalized spacial score (nSPS) is 10.4. The van der Waals surface area contributed by atoms with Gasteiger partial charge in [-0.15, -0.1) is 0 Å². The number of aliphatic carboxylic acids is 1. The molecule has 80 valence electrons. The van der Waals surface area contributed by atoms with E-state index in [0.717, 1.165) is 0 Å². The van der Waals surface area contributed by atoms with Gasteiger partial charge in [-0.3, -0.25) is 4.79 Å². The number of nitrogens with one attached hydrogen (secondary N) is 1. The van der Waals surface area contributed by atoms with Gasteiger partial charge in [-0.1, -0.05) is 12.7 Å². The van der Waals surface area contributed by atoms with Crippen molar-refractivity contribution < 1.29 is 19.4 Å². The lowest BCUT2D eigenvalue weighted by atomic mass is 9.94. The summed E-state index contributed by atoms with van der Waals surface area (Å²) >= 11 is 0. The minimum absolute atomic E-state index is 0.0261. The predicted molar refractivity (Wildman–Crippen MR) is 51.0 cm³/mol. The van der Waals surface area contributed by atoms with Crippen molar-refractivity contribution in [2.75, 3.05) is 13.2 Å². The number of hydrogen-bond donors (Lipinski definition) is 2. The van der Waals surface area contributed by atoms with Crippen molar-refractivity contribution in [2.45, 2.75) is 13.8 Å². The molecule has 0 unspecified atom stereocenters. The molecule has 0 atom stereocenters. The van der Waals surface area contributed by atoms with Gasteiger partial charge < -0.3 is 15.2 Å². The molecule has 2 N–H and O–H groups in total. The molecule has 0 radical (unpaired) electrons. The van der Waals surface area contributed by atoms with E-state index in [1.165, 1.54) is 19.9 Å². The van der Waals surface area contributed by atoms with Gasteiger partial charge in [0, 0.05) is 6.54 Å². The largest absolute Gasteiger partial charge is 0.481 e. The van der Waals surface area contributed by atoms with Gasteiger partial charge in [-0.05, 0) is 13.8 Å². The minimum atomic E-state index is -0.993. The zero-order chi connectivity index (χ0) is 11.2. The first-order valence-electron chi connectivity index (χ1n) is 4.15. The number of rotatable bonds is 5. The Bertz CT molecular complexity index is 235. The molecule has 0 heterocycles. The summed E-state index contributed by atoms with van der Waals surface area (Å²) in [6, 6.07) is 0. The SMILES string of the molecule is C=CCOC(=O)NCC(C)(C)C(=O)O. The lowest BCUT2D eigenvalue weighted by Gasteiger charge is -2.18. The van der Waals surface area contributed by atoms with E-state index in [1.54, 1.807) is 0 Å². The number of carboxylic acids is 1. The highest BCUT2D eigenvalue weighted by Crippen LogP contribution is 2.12. The Hall–Kier alpha value is -1.52. The van der Waals surface area contributed by atoms with Crippen molar-refractivity contribution in [1.29, 1.82) is 0 Å². The summed E-state index contributed by atoms with van der Waals surface area (Å²) in [6.07, 6.45) is 0.793. The van der Waals surface area contributed by atoms with Gasteiger partial charge in [-0.25, -0.2) is 4.79 Å². The van der Waals surface area contributed by atoms with Gasteiger partial charge in [0.2, 0.25) is 0 Å². The van der Waals surface area contributed by atoms with Gasteiger partial charge in [0.25, 0.3) is 0 Å². The fraction of sp³-hybridized carbons (Fsp3) is 0.556. The molecule has 5 heteroatoms. The van der Waals surface area contributed by atoms with Crippen molar-refractivity contribution in [3.8, 4) is 0 Å². The average Bonchev–Trinajstić information content (AvgIpc) is 2.11. The van der Waals surface area contributed by atoms with Gasteiger partial charge in [0.1, 0.15) is 6.61 Å². The molecule has 0 fully saturated rings. The summed E-state index contributed by atoms with van der Waals surface area (Å²) in [5.74, 6) is -0.971. The third-order valence-electron chi connectivity index (χ3n) is 1.59. The molecule has 0 aliphatic carbocycles. The molecule has 14 heavy (non-hydrogen) atoms. The molecule has 0 aromatic carbocycles. The molecule has 5 nitrogen and oxygen atoms in total. The van der Waals surface area contributed by atoms with E-state index >= 15 is 0 Å². The summed E-state index contributed by atoms with van der Waals surface area (Å²) < 4.78 is 4.61. The maximum Gasteiger partial charge on any atom is 0.407 e. The standard InChI is InChI=1S/C9H15NO4/c1-4-5-14-8(13)10-6-9(2,3)7(11)12/h4H,1,5-6H2,2-3H3,(H,10,13)(H,11,12). The molecular weight excluding hydrogens is 186 g/mol. The van der Waals surface area contributed by atoms with Crippen LogP contribution in [0.25, 0.3) is 0 Å². The maximum atomic E-state index is 10.9. The van der Waals surface area contributed by atoms with Crippen LogP contribution in [0.3, 0.4) is 0 Å². The number of ether oxygens (including phenoxy) is 1. The quantitative estimate of drug-likeness (QED) is 0.651. The monoisotopic (exact) mass is 201 g/mol. The number of carbonyl (C=O) groups excluding carboxylic acids is 1. The van der Waals surface area contributed by atoms with Crippen LogP contribution >= 0.6 is 0 Å². The van der Waals surface area contributed by atoms with Crippen molar-refractivity contribution in [2.24, 2.45) is 5.41 Å². The highest BCUT2D eigenvalue weighted by Gasteiger charge is 2.27. The molecule has 0 saturated heterocycles. The molecule has 0 bridgehead atoms. The predicted octanol–water partition coefficient (Wildman–Crippen LogP) is 1.01. The fourth-order valence-electron chi connectivity index (χ4n) is 0.554. The number of alkyl carbamates (subject to hydrolysis) is 1. The van der Waals surface area contributed by atoms with Crippen LogP contribution in [0.1, 0.15) is 13.8 Å². The summed E-state index contributed by atoms with van der Waals surface area (Å²) in [4.78, 5) is 21.5. The van der Waals surface area contributed by atoms with E-state index in [2.05, 4.69) is 16.6 Å². The third kappa shape index (κ3) is 4.49. The van der Waals surface area contributed by atoms with E-state index in [9.17, 15) is 9.59 Å². The van der Waals surface area contributed by atoms with Crippen LogP contribution in [0.4, 0.5) is 4.79 Å². The second-order valence-corrected chi connectivity index (χ2v) is 3.43. The van der Waals surface area contributed by atoms with E-state index in [1.807, 2.05) is 0 Å². The van der Waals surface area contributed by atoms with Gasteiger partial charge in [0.15, 0.2) is 0 Å². The Morgan fingerprint density at radius 1 is 1.57 bits per heavy atom. The zero-order valence-corrected chi connectivity index (χ0v) is 8.37. The fourth-order valence-corrected chi connectivity index (χ4v) is 0.554. The minimum Gasteiger partial charge on any atom is -0.481 e. The Balaban J connectivity index is 3.87. The van der Waals surface area contributed by atoms with Crippen molar-refractivity contribution in [1.82, 2.24) is 5.32 Å². The van der Waals surface area contributed by atoms with E-state index < -0.39 is 17.5 Å². The molecule has 0 saturated carbocycles. The first kappa shape index (κ1) is 12.5. The van der Waals surface area contributed by atoms with E-state index in [-0.39, 0.29) is 13.2 Å². The molecule has 0 aromatic heterocycles. The summed E-state index contributed by atoms with van der Waals surface area (Å²) in [7, 11) is 0. The molecule has 0 spiro atoms. The topological polar surface area (TPSA) is 75.6 Å². The van der Waals surface area contributed by atoms with Gasteiger partial charge in [-0.2, -0.15) is 0 Å². The molecular formula is C9H15NO4. The van der Waals surface area contributed by atoms with Crippen molar-refractivity contribution in [3.05, 3.63) is 12.7 Å². The molecule has 0 aromatic rings. The van der Waals surface area contributed by atoms with Crippen molar-refractivity contribution >= 4 is 12.1 Å². The van der Waals surface area contributed by atoms with Crippen molar-refractivity contribution in [3.63, 3.8) is 0 Å². The highest BCUT2D eigenvalue weighted by molar-refractivity contribution is 5.75. The second kappa shape index (κ2) is 5.26. The third-order valence-corrected chi connectivity index (χ3v) is 1.59. The maximum absolute atomic E-state index is 10.9. The molecule has 0 rings (SSSR count). The number of amides is 1. The van der Waals surface area contributed by atoms with Crippen LogP contribution in [-0.4, -0.2) is 30.3 Å². The Kier molecular flexibility index (Phi) is 4.69. The number of carbonyl (C=O) groups is 2. The molecule has 0 aliphatic rings. The van der Waals surface area contributed by atoms with Crippen LogP contribution in [0, 0.1) is 5.41 Å². The van der Waals surface area contributed by atoms with Gasteiger partial charge in [0.05, 0.1) is 5.41 Å². The number of hydrogen-bond acceptors (Lipinski definition) is 3. The Morgan fingerprint density at radius 3 is 2.57 bits per heavy atom. The molecule has 1 amide bonds. The smallest absolute Gasteiger partial charge is 0.407 e. The lowest BCUT2D eigenvalue weighted by Crippen LogP contribution is -2.39. The lowest BCUT2D eigenvalue weighted by molar-refractivity contribution is -0.146. The van der Waals surface area contributed by atoms with E-state index in [0.29, 0.717) is 0 Å². The summed E-state index contributed by atoms with van der Waals surface area (Å²) in [6.45, 7) is 6.54. The van der Waals surface area contributed by atoms with Crippen LogP contribution in [0.5, 0.6) is 0 Å².